The summed E-state index contributed by atoms with van der Waals surface area (Å²) >= 11 is 0. The van der Waals surface area contributed by atoms with Crippen LogP contribution >= 0.6 is 0 Å². The van der Waals surface area contributed by atoms with Crippen molar-refractivity contribution >= 4 is 0 Å². The summed E-state index contributed by atoms with van der Waals surface area (Å²) in [6.45, 7) is 3.04. The van der Waals surface area contributed by atoms with Crippen molar-refractivity contribution in [1.82, 2.24) is 14.8 Å². The summed E-state index contributed by atoms with van der Waals surface area (Å²) in [6.07, 6.45) is 1.30. The molecule has 0 atom stereocenters. The number of halogens is 2. The molecule has 0 aliphatic heterocycles. The van der Waals surface area contributed by atoms with Crippen LogP contribution in [0.4, 0.5) is 8.78 Å². The van der Waals surface area contributed by atoms with E-state index in [1.54, 1.807) is 6.92 Å². The molecule has 11 heavy (non-hydrogen) atoms. The molecule has 1 heterocycles. The van der Waals surface area contributed by atoms with Crippen molar-refractivity contribution in [2.75, 3.05) is 0 Å². The zero-order chi connectivity index (χ0) is 8.48. The van der Waals surface area contributed by atoms with Crippen molar-refractivity contribution in [2.24, 2.45) is 0 Å². The predicted molar refractivity (Wildman–Crippen MR) is 35.3 cm³/mol. The minimum atomic E-state index is -2.90. The summed E-state index contributed by atoms with van der Waals surface area (Å²) < 4.78 is 26.5. The number of nitrogens with zero attached hydrogens (tertiary/aromatic N) is 3. The van der Waals surface area contributed by atoms with Gasteiger partial charge >= 0.3 is 5.92 Å². The van der Waals surface area contributed by atoms with Gasteiger partial charge in [0.05, 0.1) is 0 Å². The summed E-state index contributed by atoms with van der Waals surface area (Å²) in [7, 11) is 0. The Morgan fingerprint density at radius 1 is 1.64 bits per heavy atom. The second-order valence-electron chi connectivity index (χ2n) is 2.33. The van der Waals surface area contributed by atoms with Crippen LogP contribution in [-0.2, 0) is 12.5 Å². The average molecular weight is 161 g/mol. The lowest BCUT2D eigenvalue weighted by Crippen LogP contribution is -2.15. The van der Waals surface area contributed by atoms with Crippen LogP contribution in [0.3, 0.4) is 0 Å². The van der Waals surface area contributed by atoms with E-state index in [0.29, 0.717) is 6.54 Å². The zero-order valence-electron chi connectivity index (χ0n) is 6.38. The van der Waals surface area contributed by atoms with Gasteiger partial charge < -0.3 is 4.57 Å². The Hall–Kier alpha value is -1.00. The van der Waals surface area contributed by atoms with E-state index in [4.69, 9.17) is 0 Å². The molecule has 0 amide bonds. The Balaban J connectivity index is 3.02. The summed E-state index contributed by atoms with van der Waals surface area (Å²) in [5.74, 6) is -3.17. The maximum atomic E-state index is 12.6. The maximum Gasteiger partial charge on any atom is 0.304 e. The molecule has 1 rings (SSSR count). The standard InChI is InChI=1S/C6H9F2N3/c1-3-11-4-9-10-5(11)6(2,7)8/h4H,3H2,1-2H3. The van der Waals surface area contributed by atoms with Crippen LogP contribution in [-0.4, -0.2) is 14.8 Å². The second kappa shape index (κ2) is 2.56. The monoisotopic (exact) mass is 161 g/mol. The van der Waals surface area contributed by atoms with Crippen LogP contribution in [0.25, 0.3) is 0 Å². The predicted octanol–water partition coefficient (Wildman–Crippen LogP) is 1.41. The first kappa shape index (κ1) is 8.10. The first-order chi connectivity index (χ1) is 5.05. The van der Waals surface area contributed by atoms with E-state index in [1.165, 1.54) is 10.9 Å². The molecule has 0 aliphatic rings. The fourth-order valence-corrected chi connectivity index (χ4v) is 0.826. The molecule has 0 fully saturated rings. The van der Waals surface area contributed by atoms with Crippen molar-refractivity contribution in [3.63, 3.8) is 0 Å². The van der Waals surface area contributed by atoms with Gasteiger partial charge in [-0.3, -0.25) is 0 Å². The topological polar surface area (TPSA) is 30.7 Å². The molecule has 3 nitrogen and oxygen atoms in total. The molecule has 0 unspecified atom stereocenters. The molecule has 0 radical (unpaired) electrons. The highest BCUT2D eigenvalue weighted by Crippen LogP contribution is 2.24. The fourth-order valence-electron chi connectivity index (χ4n) is 0.826. The van der Waals surface area contributed by atoms with Crippen LogP contribution in [0, 0.1) is 0 Å². The highest BCUT2D eigenvalue weighted by Gasteiger charge is 2.30. The molecule has 0 saturated carbocycles. The third-order valence-electron chi connectivity index (χ3n) is 1.35. The number of aryl methyl sites for hydroxylation is 1. The lowest BCUT2D eigenvalue weighted by Gasteiger charge is -2.09. The number of hydrogen-bond donors (Lipinski definition) is 0. The van der Waals surface area contributed by atoms with Crippen LogP contribution in [0.15, 0.2) is 6.33 Å². The number of hydrogen-bond acceptors (Lipinski definition) is 2. The van der Waals surface area contributed by atoms with Crippen molar-refractivity contribution in [2.45, 2.75) is 26.3 Å². The molecule has 1 aromatic rings. The SMILES string of the molecule is CCn1cnnc1C(C)(F)F. The van der Waals surface area contributed by atoms with Crippen molar-refractivity contribution in [3.8, 4) is 0 Å². The van der Waals surface area contributed by atoms with Crippen LogP contribution in [0.2, 0.25) is 0 Å². The normalized spacial score (nSPS) is 12.0. The van der Waals surface area contributed by atoms with Gasteiger partial charge in [0.2, 0.25) is 5.82 Å². The first-order valence-corrected chi connectivity index (χ1v) is 3.31. The second-order valence-corrected chi connectivity index (χ2v) is 2.33. The number of aromatic nitrogens is 3. The number of rotatable bonds is 2. The molecule has 0 spiro atoms. The molecule has 0 aliphatic carbocycles. The minimum Gasteiger partial charge on any atom is -0.313 e. The smallest absolute Gasteiger partial charge is 0.304 e. The molecule has 0 N–H and O–H groups in total. The van der Waals surface area contributed by atoms with Gasteiger partial charge in [-0.2, -0.15) is 8.78 Å². The first-order valence-electron chi connectivity index (χ1n) is 3.31. The molecule has 5 heteroatoms. The summed E-state index contributed by atoms with van der Waals surface area (Å²) in [4.78, 5) is 0. The fraction of sp³-hybridized carbons (Fsp3) is 0.667. The van der Waals surface area contributed by atoms with E-state index in [9.17, 15) is 8.78 Å². The Morgan fingerprint density at radius 2 is 2.27 bits per heavy atom. The lowest BCUT2D eigenvalue weighted by atomic mass is 10.3. The quantitative estimate of drug-likeness (QED) is 0.656. The van der Waals surface area contributed by atoms with E-state index >= 15 is 0 Å². The molecule has 0 bridgehead atoms. The highest BCUT2D eigenvalue weighted by molar-refractivity contribution is 4.93. The maximum absolute atomic E-state index is 12.6. The Kier molecular flexibility index (Phi) is 1.89. The lowest BCUT2D eigenvalue weighted by molar-refractivity contribution is 0.00386. The van der Waals surface area contributed by atoms with Crippen LogP contribution < -0.4 is 0 Å². The molecular formula is C6H9F2N3. The Morgan fingerprint density at radius 3 is 2.64 bits per heavy atom. The largest absolute Gasteiger partial charge is 0.313 e. The third kappa shape index (κ3) is 1.53. The van der Waals surface area contributed by atoms with E-state index in [0.717, 1.165) is 6.92 Å². The summed E-state index contributed by atoms with van der Waals surface area (Å²) in [5, 5.41) is 6.71. The molecular weight excluding hydrogens is 152 g/mol. The molecule has 0 aromatic carbocycles. The zero-order valence-corrected chi connectivity index (χ0v) is 6.38. The highest BCUT2D eigenvalue weighted by atomic mass is 19.3. The van der Waals surface area contributed by atoms with Gasteiger partial charge in [0.25, 0.3) is 0 Å². The Labute approximate surface area is 63.0 Å². The van der Waals surface area contributed by atoms with Crippen molar-refractivity contribution < 1.29 is 8.78 Å². The van der Waals surface area contributed by atoms with Crippen molar-refractivity contribution in [3.05, 3.63) is 12.2 Å². The van der Waals surface area contributed by atoms with Gasteiger partial charge in [0, 0.05) is 13.5 Å². The number of alkyl halides is 2. The summed E-state index contributed by atoms with van der Waals surface area (Å²) in [5.41, 5.74) is 0. The average Bonchev–Trinajstić information content (AvgIpc) is 2.31. The molecule has 1 aromatic heterocycles. The van der Waals surface area contributed by atoms with Gasteiger partial charge in [-0.25, -0.2) is 0 Å². The van der Waals surface area contributed by atoms with Gasteiger partial charge in [-0.1, -0.05) is 0 Å². The third-order valence-corrected chi connectivity index (χ3v) is 1.35. The van der Waals surface area contributed by atoms with E-state index < -0.39 is 5.92 Å². The van der Waals surface area contributed by atoms with Crippen molar-refractivity contribution in [1.29, 1.82) is 0 Å². The van der Waals surface area contributed by atoms with Crippen LogP contribution in [0.1, 0.15) is 19.7 Å². The van der Waals surface area contributed by atoms with Gasteiger partial charge in [0.15, 0.2) is 0 Å². The van der Waals surface area contributed by atoms with Gasteiger partial charge in [0.1, 0.15) is 6.33 Å². The molecule has 0 saturated heterocycles. The minimum absolute atomic E-state index is 0.278. The molecule has 62 valence electrons. The van der Waals surface area contributed by atoms with Gasteiger partial charge in [-0.15, -0.1) is 10.2 Å². The van der Waals surface area contributed by atoms with Crippen LogP contribution in [0.5, 0.6) is 0 Å². The van der Waals surface area contributed by atoms with Gasteiger partial charge in [-0.05, 0) is 6.92 Å². The van der Waals surface area contributed by atoms with E-state index in [2.05, 4.69) is 10.2 Å². The van der Waals surface area contributed by atoms with E-state index in [1.807, 2.05) is 0 Å². The summed E-state index contributed by atoms with van der Waals surface area (Å²) in [6, 6.07) is 0. The van der Waals surface area contributed by atoms with E-state index in [-0.39, 0.29) is 5.82 Å². The Bertz CT molecular complexity index is 238.